The Morgan fingerprint density at radius 1 is 1.50 bits per heavy atom. The Balaban J connectivity index is 1.63. The summed E-state index contributed by atoms with van der Waals surface area (Å²) < 4.78 is 5.36. The third-order valence-electron chi connectivity index (χ3n) is 3.33. The normalized spacial score (nSPS) is 18.1. The first-order valence-electron chi connectivity index (χ1n) is 6.70. The van der Waals surface area contributed by atoms with Crippen LogP contribution in [0.5, 0.6) is 0 Å². The lowest BCUT2D eigenvalue weighted by Crippen LogP contribution is -2.33. The summed E-state index contributed by atoms with van der Waals surface area (Å²) in [6.45, 7) is 1.20. The zero-order valence-corrected chi connectivity index (χ0v) is 11.9. The van der Waals surface area contributed by atoms with Gasteiger partial charge in [-0.1, -0.05) is 0 Å². The predicted molar refractivity (Wildman–Crippen MR) is 78.4 cm³/mol. The third-order valence-corrected chi connectivity index (χ3v) is 4.01. The molecule has 104 valence electrons. The van der Waals surface area contributed by atoms with E-state index in [0.29, 0.717) is 13.2 Å². The second kappa shape index (κ2) is 6.15. The van der Waals surface area contributed by atoms with Gasteiger partial charge in [0.2, 0.25) is 5.91 Å². The van der Waals surface area contributed by atoms with Gasteiger partial charge in [-0.15, -0.1) is 0 Å². The highest BCUT2D eigenvalue weighted by Gasteiger charge is 2.22. The average Bonchev–Trinajstić information content (AvgIpc) is 3.17. The van der Waals surface area contributed by atoms with Crippen molar-refractivity contribution >= 4 is 17.2 Å². The molecule has 1 N–H and O–H groups in total. The van der Waals surface area contributed by atoms with Crippen LogP contribution in [0.1, 0.15) is 18.4 Å². The highest BCUT2D eigenvalue weighted by atomic mass is 32.1. The molecule has 0 aromatic carbocycles. The van der Waals surface area contributed by atoms with Crippen molar-refractivity contribution in [3.8, 4) is 11.3 Å². The van der Waals surface area contributed by atoms with Crippen molar-refractivity contribution < 1.29 is 9.53 Å². The number of hydrogen-bond acceptors (Lipinski definition) is 4. The predicted octanol–water partition coefficient (Wildman–Crippen LogP) is 2.61. The number of nitrogens with zero attached hydrogens (tertiary/aromatic N) is 1. The maximum absolute atomic E-state index is 11.9. The summed E-state index contributed by atoms with van der Waals surface area (Å²) in [5.41, 5.74) is 3.10. The van der Waals surface area contributed by atoms with Gasteiger partial charge in [0.05, 0.1) is 5.69 Å². The van der Waals surface area contributed by atoms with E-state index in [2.05, 4.69) is 15.7 Å². The van der Waals surface area contributed by atoms with E-state index in [-0.39, 0.29) is 12.0 Å². The van der Waals surface area contributed by atoms with E-state index in [9.17, 15) is 4.79 Å². The third kappa shape index (κ3) is 3.05. The second-order valence-electron chi connectivity index (χ2n) is 4.78. The molecule has 0 aliphatic carbocycles. The molecule has 0 bridgehead atoms. The lowest BCUT2D eigenvalue weighted by molar-refractivity contribution is -0.130. The zero-order chi connectivity index (χ0) is 13.8. The zero-order valence-electron chi connectivity index (χ0n) is 11.0. The fourth-order valence-electron chi connectivity index (χ4n) is 2.24. The van der Waals surface area contributed by atoms with Crippen LogP contribution >= 0.6 is 11.3 Å². The largest absolute Gasteiger partial charge is 0.368 e. The number of aromatic nitrogens is 1. The van der Waals surface area contributed by atoms with E-state index in [0.717, 1.165) is 29.7 Å². The van der Waals surface area contributed by atoms with Crippen LogP contribution in [0.4, 0.5) is 0 Å². The number of hydrogen-bond donors (Lipinski definition) is 1. The summed E-state index contributed by atoms with van der Waals surface area (Å²) in [4.78, 5) is 16.2. The highest BCUT2D eigenvalue weighted by Crippen LogP contribution is 2.20. The standard InChI is InChI=1S/C15H16N2O2S/c18-15(14-2-1-6-19-14)17-9-11-3-5-16-13(8-11)12-4-7-20-10-12/h3-5,7-8,10,14H,1-2,6,9H2,(H,17,18)/t14-/m0/s1. The smallest absolute Gasteiger partial charge is 0.249 e. The monoisotopic (exact) mass is 288 g/mol. The molecule has 20 heavy (non-hydrogen) atoms. The topological polar surface area (TPSA) is 51.2 Å². The Hall–Kier alpha value is -1.72. The summed E-state index contributed by atoms with van der Waals surface area (Å²) in [6, 6.07) is 5.98. The molecule has 0 saturated carbocycles. The SMILES string of the molecule is O=C(NCc1ccnc(-c2ccsc2)c1)[C@@H]1CCCO1. The summed E-state index contributed by atoms with van der Waals surface area (Å²) in [5, 5.41) is 7.02. The van der Waals surface area contributed by atoms with E-state index >= 15 is 0 Å². The van der Waals surface area contributed by atoms with Crippen LogP contribution in [-0.2, 0) is 16.1 Å². The van der Waals surface area contributed by atoms with Gasteiger partial charge < -0.3 is 10.1 Å². The molecule has 2 aromatic rings. The Labute approximate surface area is 121 Å². The van der Waals surface area contributed by atoms with Gasteiger partial charge in [0.25, 0.3) is 0 Å². The minimum absolute atomic E-state index is 0.0172. The number of ether oxygens (including phenoxy) is 1. The quantitative estimate of drug-likeness (QED) is 0.941. The van der Waals surface area contributed by atoms with Gasteiger partial charge in [0, 0.05) is 30.3 Å². The molecule has 1 saturated heterocycles. The van der Waals surface area contributed by atoms with Crippen molar-refractivity contribution in [1.82, 2.24) is 10.3 Å². The number of thiophene rings is 1. The van der Waals surface area contributed by atoms with Crippen LogP contribution in [0.25, 0.3) is 11.3 Å². The first-order chi connectivity index (χ1) is 9.83. The molecular weight excluding hydrogens is 272 g/mol. The number of pyridine rings is 1. The molecule has 1 atom stereocenters. The molecule has 1 fully saturated rings. The maximum Gasteiger partial charge on any atom is 0.249 e. The fourth-order valence-corrected chi connectivity index (χ4v) is 2.89. The minimum atomic E-state index is -0.270. The fraction of sp³-hybridized carbons (Fsp3) is 0.333. The molecule has 1 aliphatic rings. The number of amides is 1. The van der Waals surface area contributed by atoms with E-state index in [1.165, 1.54) is 0 Å². The summed E-state index contributed by atoms with van der Waals surface area (Å²) in [6.07, 6.45) is 3.30. The highest BCUT2D eigenvalue weighted by molar-refractivity contribution is 7.08. The van der Waals surface area contributed by atoms with Crippen LogP contribution in [0.3, 0.4) is 0 Å². The minimum Gasteiger partial charge on any atom is -0.368 e. The Bertz CT molecular complexity index is 577. The van der Waals surface area contributed by atoms with Gasteiger partial charge >= 0.3 is 0 Å². The number of carbonyl (C=O) groups excluding carboxylic acids is 1. The maximum atomic E-state index is 11.9. The molecule has 4 nitrogen and oxygen atoms in total. The van der Waals surface area contributed by atoms with Crippen molar-refractivity contribution in [2.24, 2.45) is 0 Å². The summed E-state index contributed by atoms with van der Waals surface area (Å²) >= 11 is 1.65. The number of carbonyl (C=O) groups is 1. The van der Waals surface area contributed by atoms with Gasteiger partial charge in [0.1, 0.15) is 6.10 Å². The molecule has 0 unspecified atom stereocenters. The molecular formula is C15H16N2O2S. The molecule has 1 aliphatic heterocycles. The van der Waals surface area contributed by atoms with Gasteiger partial charge in [-0.3, -0.25) is 9.78 Å². The van der Waals surface area contributed by atoms with Crippen LogP contribution in [-0.4, -0.2) is 23.6 Å². The molecule has 1 amide bonds. The second-order valence-corrected chi connectivity index (χ2v) is 5.56. The molecule has 0 radical (unpaired) electrons. The molecule has 2 aromatic heterocycles. The van der Waals surface area contributed by atoms with Crippen molar-refractivity contribution in [2.45, 2.75) is 25.5 Å². The Kier molecular flexibility index (Phi) is 4.08. The molecule has 3 heterocycles. The lowest BCUT2D eigenvalue weighted by atomic mass is 10.1. The Morgan fingerprint density at radius 3 is 3.20 bits per heavy atom. The van der Waals surface area contributed by atoms with Gasteiger partial charge in [0.15, 0.2) is 0 Å². The van der Waals surface area contributed by atoms with E-state index in [4.69, 9.17) is 4.74 Å². The number of rotatable bonds is 4. The Morgan fingerprint density at radius 2 is 2.45 bits per heavy atom. The van der Waals surface area contributed by atoms with Gasteiger partial charge in [-0.05, 0) is 42.0 Å². The van der Waals surface area contributed by atoms with Crippen LogP contribution in [0.2, 0.25) is 0 Å². The molecule has 3 rings (SSSR count). The van der Waals surface area contributed by atoms with Gasteiger partial charge in [-0.25, -0.2) is 0 Å². The molecule has 0 spiro atoms. The van der Waals surface area contributed by atoms with E-state index in [1.807, 2.05) is 23.6 Å². The van der Waals surface area contributed by atoms with Crippen molar-refractivity contribution in [1.29, 1.82) is 0 Å². The first kappa shape index (κ1) is 13.3. The van der Waals surface area contributed by atoms with Crippen LogP contribution in [0.15, 0.2) is 35.2 Å². The van der Waals surface area contributed by atoms with Gasteiger partial charge in [-0.2, -0.15) is 11.3 Å². The van der Waals surface area contributed by atoms with Crippen molar-refractivity contribution in [3.63, 3.8) is 0 Å². The molecule has 5 heteroatoms. The van der Waals surface area contributed by atoms with Crippen molar-refractivity contribution in [3.05, 3.63) is 40.7 Å². The summed E-state index contributed by atoms with van der Waals surface area (Å²) in [5.74, 6) is -0.0172. The van der Waals surface area contributed by atoms with Crippen LogP contribution < -0.4 is 5.32 Å². The van der Waals surface area contributed by atoms with Crippen molar-refractivity contribution in [2.75, 3.05) is 6.61 Å². The first-order valence-corrected chi connectivity index (χ1v) is 7.64. The van der Waals surface area contributed by atoms with Crippen LogP contribution in [0, 0.1) is 0 Å². The lowest BCUT2D eigenvalue weighted by Gasteiger charge is -2.10. The average molecular weight is 288 g/mol. The van der Waals surface area contributed by atoms with E-state index in [1.54, 1.807) is 17.5 Å². The van der Waals surface area contributed by atoms with E-state index < -0.39 is 0 Å². The summed E-state index contributed by atoms with van der Waals surface area (Å²) in [7, 11) is 0. The number of nitrogens with one attached hydrogen (secondary N) is 1.